The van der Waals surface area contributed by atoms with Crippen molar-refractivity contribution in [3.63, 3.8) is 0 Å². The Morgan fingerprint density at radius 1 is 1.35 bits per heavy atom. The van der Waals surface area contributed by atoms with E-state index in [1.54, 1.807) is 6.07 Å². The predicted molar refractivity (Wildman–Crippen MR) is 78.2 cm³/mol. The van der Waals surface area contributed by atoms with Crippen molar-refractivity contribution in [3.05, 3.63) is 33.8 Å². The van der Waals surface area contributed by atoms with Crippen LogP contribution in [0.1, 0.15) is 24.8 Å². The SMILES string of the molecule is CSC1CCCC1NCc1ccc(Cl)cc1Cl. The van der Waals surface area contributed by atoms with E-state index in [4.69, 9.17) is 23.2 Å². The van der Waals surface area contributed by atoms with Crippen molar-refractivity contribution >= 4 is 35.0 Å². The molecule has 94 valence electrons. The van der Waals surface area contributed by atoms with E-state index in [-0.39, 0.29) is 0 Å². The van der Waals surface area contributed by atoms with Gasteiger partial charge in [0.15, 0.2) is 0 Å². The predicted octanol–water partition coefficient (Wildman–Crippen LogP) is 4.37. The highest BCUT2D eigenvalue weighted by atomic mass is 35.5. The molecule has 4 heteroatoms. The largest absolute Gasteiger partial charge is 0.309 e. The van der Waals surface area contributed by atoms with Crippen LogP contribution in [0.3, 0.4) is 0 Å². The van der Waals surface area contributed by atoms with Crippen LogP contribution in [-0.2, 0) is 6.54 Å². The first-order valence-corrected chi connectivity index (χ1v) is 7.95. The van der Waals surface area contributed by atoms with Crippen LogP contribution in [-0.4, -0.2) is 17.5 Å². The van der Waals surface area contributed by atoms with Gasteiger partial charge in [-0.2, -0.15) is 11.8 Å². The molecule has 0 saturated heterocycles. The summed E-state index contributed by atoms with van der Waals surface area (Å²) in [6.45, 7) is 0.831. The van der Waals surface area contributed by atoms with Gasteiger partial charge in [-0.1, -0.05) is 35.7 Å². The quantitative estimate of drug-likeness (QED) is 0.884. The van der Waals surface area contributed by atoms with Crippen LogP contribution in [0.25, 0.3) is 0 Å². The Morgan fingerprint density at radius 2 is 2.18 bits per heavy atom. The first-order chi connectivity index (χ1) is 8.20. The normalized spacial score (nSPS) is 24.2. The van der Waals surface area contributed by atoms with Crippen LogP contribution in [0.5, 0.6) is 0 Å². The van der Waals surface area contributed by atoms with Crippen molar-refractivity contribution < 1.29 is 0 Å². The Labute approximate surface area is 117 Å². The highest BCUT2D eigenvalue weighted by Crippen LogP contribution is 2.29. The number of benzene rings is 1. The zero-order valence-corrected chi connectivity index (χ0v) is 12.2. The molecule has 0 heterocycles. The smallest absolute Gasteiger partial charge is 0.0465 e. The maximum atomic E-state index is 6.16. The number of rotatable bonds is 4. The third-order valence-electron chi connectivity index (χ3n) is 3.33. The molecule has 0 aliphatic heterocycles. The lowest BCUT2D eigenvalue weighted by Gasteiger charge is -2.19. The van der Waals surface area contributed by atoms with E-state index in [0.717, 1.165) is 22.4 Å². The van der Waals surface area contributed by atoms with Gasteiger partial charge in [-0.05, 0) is 36.8 Å². The maximum absolute atomic E-state index is 6.16. The second kappa shape index (κ2) is 6.33. The molecule has 2 rings (SSSR count). The Morgan fingerprint density at radius 3 is 2.88 bits per heavy atom. The second-order valence-electron chi connectivity index (χ2n) is 4.43. The van der Waals surface area contributed by atoms with Crippen molar-refractivity contribution in [3.8, 4) is 0 Å². The Bertz CT molecular complexity index is 384. The first-order valence-electron chi connectivity index (χ1n) is 5.91. The van der Waals surface area contributed by atoms with Crippen LogP contribution in [0.2, 0.25) is 10.0 Å². The van der Waals surface area contributed by atoms with Crippen LogP contribution in [0, 0.1) is 0 Å². The summed E-state index contributed by atoms with van der Waals surface area (Å²) >= 11 is 14.0. The molecule has 2 atom stereocenters. The molecule has 2 unspecified atom stereocenters. The summed E-state index contributed by atoms with van der Waals surface area (Å²) in [6, 6.07) is 6.32. The molecule has 1 aliphatic carbocycles. The van der Waals surface area contributed by atoms with Gasteiger partial charge in [0, 0.05) is 27.9 Å². The van der Waals surface area contributed by atoms with Crippen molar-refractivity contribution in [2.45, 2.75) is 37.1 Å². The molecular formula is C13H17Cl2NS. The van der Waals surface area contributed by atoms with Crippen LogP contribution in [0.15, 0.2) is 18.2 Å². The number of thioether (sulfide) groups is 1. The van der Waals surface area contributed by atoms with Crippen LogP contribution in [0.4, 0.5) is 0 Å². The average molecular weight is 290 g/mol. The highest BCUT2D eigenvalue weighted by molar-refractivity contribution is 7.99. The number of nitrogens with one attached hydrogen (secondary N) is 1. The molecule has 0 amide bonds. The third kappa shape index (κ3) is 3.54. The van der Waals surface area contributed by atoms with Gasteiger partial charge < -0.3 is 5.32 Å². The molecule has 1 aliphatic rings. The van der Waals surface area contributed by atoms with E-state index in [0.29, 0.717) is 11.1 Å². The van der Waals surface area contributed by atoms with Gasteiger partial charge in [0.25, 0.3) is 0 Å². The third-order valence-corrected chi connectivity index (χ3v) is 5.08. The Kier molecular flexibility index (Phi) is 5.04. The van der Waals surface area contributed by atoms with Gasteiger partial charge in [0.1, 0.15) is 0 Å². The minimum absolute atomic E-state index is 0.622. The maximum Gasteiger partial charge on any atom is 0.0465 e. The zero-order chi connectivity index (χ0) is 12.3. The van der Waals surface area contributed by atoms with Gasteiger partial charge in [-0.15, -0.1) is 0 Å². The summed E-state index contributed by atoms with van der Waals surface area (Å²) in [5, 5.41) is 5.81. The van der Waals surface area contributed by atoms with E-state index in [2.05, 4.69) is 11.6 Å². The minimum atomic E-state index is 0.622. The fraction of sp³-hybridized carbons (Fsp3) is 0.538. The summed E-state index contributed by atoms with van der Waals surface area (Å²) in [7, 11) is 0. The van der Waals surface area contributed by atoms with Crippen molar-refractivity contribution in [2.75, 3.05) is 6.26 Å². The van der Waals surface area contributed by atoms with Gasteiger partial charge >= 0.3 is 0 Å². The molecule has 1 nitrogen and oxygen atoms in total. The summed E-state index contributed by atoms with van der Waals surface area (Å²) in [6.07, 6.45) is 6.13. The zero-order valence-electron chi connectivity index (χ0n) is 9.88. The number of hydrogen-bond donors (Lipinski definition) is 1. The van der Waals surface area contributed by atoms with Crippen LogP contribution < -0.4 is 5.32 Å². The Balaban J connectivity index is 1.93. The fourth-order valence-corrected chi connectivity index (χ4v) is 3.79. The molecular weight excluding hydrogens is 273 g/mol. The molecule has 0 aromatic heterocycles. The van der Waals surface area contributed by atoms with Gasteiger partial charge in [0.2, 0.25) is 0 Å². The number of hydrogen-bond acceptors (Lipinski definition) is 2. The summed E-state index contributed by atoms with van der Waals surface area (Å²) < 4.78 is 0. The lowest BCUT2D eigenvalue weighted by Crippen LogP contribution is -2.33. The van der Waals surface area contributed by atoms with E-state index in [1.165, 1.54) is 19.3 Å². The van der Waals surface area contributed by atoms with Gasteiger partial charge in [0.05, 0.1) is 0 Å². The second-order valence-corrected chi connectivity index (χ2v) is 6.35. The lowest BCUT2D eigenvalue weighted by molar-refractivity contribution is 0.532. The first kappa shape index (κ1) is 13.5. The summed E-state index contributed by atoms with van der Waals surface area (Å²) in [5.74, 6) is 0. The molecule has 0 radical (unpaired) electrons. The molecule has 1 saturated carbocycles. The molecule has 0 spiro atoms. The fourth-order valence-electron chi connectivity index (χ4n) is 2.35. The van der Waals surface area contributed by atoms with Crippen molar-refractivity contribution in [1.82, 2.24) is 5.32 Å². The van der Waals surface area contributed by atoms with E-state index in [1.807, 2.05) is 23.9 Å². The van der Waals surface area contributed by atoms with Gasteiger partial charge in [-0.25, -0.2) is 0 Å². The van der Waals surface area contributed by atoms with E-state index in [9.17, 15) is 0 Å². The standard InChI is InChI=1S/C13H17Cl2NS/c1-17-13-4-2-3-12(13)16-8-9-5-6-10(14)7-11(9)15/h5-7,12-13,16H,2-4,8H2,1H3. The monoisotopic (exact) mass is 289 g/mol. The molecule has 1 N–H and O–H groups in total. The van der Waals surface area contributed by atoms with Crippen LogP contribution >= 0.6 is 35.0 Å². The average Bonchev–Trinajstić information content (AvgIpc) is 2.75. The minimum Gasteiger partial charge on any atom is -0.309 e. The summed E-state index contributed by atoms with van der Waals surface area (Å²) in [4.78, 5) is 0. The number of halogens is 2. The Hall–Kier alpha value is 0.110. The van der Waals surface area contributed by atoms with E-state index >= 15 is 0 Å². The molecule has 1 aromatic carbocycles. The molecule has 1 fully saturated rings. The highest BCUT2D eigenvalue weighted by Gasteiger charge is 2.25. The van der Waals surface area contributed by atoms with Crippen molar-refractivity contribution in [2.24, 2.45) is 0 Å². The molecule has 0 bridgehead atoms. The summed E-state index contributed by atoms with van der Waals surface area (Å²) in [5.41, 5.74) is 1.13. The lowest BCUT2D eigenvalue weighted by atomic mass is 10.2. The van der Waals surface area contributed by atoms with Crippen molar-refractivity contribution in [1.29, 1.82) is 0 Å². The van der Waals surface area contributed by atoms with E-state index < -0.39 is 0 Å². The molecule has 17 heavy (non-hydrogen) atoms. The molecule has 1 aromatic rings. The van der Waals surface area contributed by atoms with Gasteiger partial charge in [-0.3, -0.25) is 0 Å². The topological polar surface area (TPSA) is 12.0 Å².